The first-order valence-electron chi connectivity index (χ1n) is 10.9. The van der Waals surface area contributed by atoms with E-state index in [-0.39, 0.29) is 25.0 Å². The van der Waals surface area contributed by atoms with Gasteiger partial charge in [0.15, 0.2) is 6.61 Å². The van der Waals surface area contributed by atoms with E-state index in [1.807, 2.05) is 63.2 Å². The molecule has 2 aromatic carbocycles. The highest BCUT2D eigenvalue weighted by Gasteiger charge is 2.33. The second-order valence-corrected chi connectivity index (χ2v) is 7.98. The highest BCUT2D eigenvalue weighted by atomic mass is 16.5. The van der Waals surface area contributed by atoms with Gasteiger partial charge in [-0.05, 0) is 35.1 Å². The first-order chi connectivity index (χ1) is 15.4. The number of carbonyl (C=O) groups is 2. The Kier molecular flexibility index (Phi) is 9.51. The Bertz CT molecular complexity index is 997. The van der Waals surface area contributed by atoms with Crippen LogP contribution < -0.4 is 0 Å². The van der Waals surface area contributed by atoms with Crippen LogP contribution in [0.3, 0.4) is 0 Å². The lowest BCUT2D eigenvalue weighted by molar-refractivity contribution is -0.156. The third-order valence-electron chi connectivity index (χ3n) is 5.24. The summed E-state index contributed by atoms with van der Waals surface area (Å²) in [4.78, 5) is 27.4. The fraction of sp³-hybridized carbons (Fsp3) is 0.370. The number of hydrogen-bond donors (Lipinski definition) is 0. The molecule has 0 saturated heterocycles. The molecule has 5 heteroatoms. The Balaban J connectivity index is 2.32. The van der Waals surface area contributed by atoms with E-state index in [0.717, 1.165) is 29.5 Å². The van der Waals surface area contributed by atoms with Gasteiger partial charge in [0.25, 0.3) is 0 Å². The standard InChI is InChI=1S/C27H30N2O3/c1-5-7-12-25(30)29(26(20(3)4)27(31)32-17-6-2)19-21-13-15-22(16-14-21)24-11-9-8-10-23(24)18-28/h2,8-11,13-16,20,26H,5,7,12,17,19H2,1,3-4H3/t26-/m0/s1. The first-order valence-corrected chi connectivity index (χ1v) is 10.9. The van der Waals surface area contributed by atoms with Crippen molar-refractivity contribution in [2.45, 2.75) is 52.6 Å². The number of nitriles is 1. The summed E-state index contributed by atoms with van der Waals surface area (Å²) in [5.74, 6) is 1.61. The van der Waals surface area contributed by atoms with Crippen molar-refractivity contribution in [2.24, 2.45) is 5.92 Å². The molecule has 0 N–H and O–H groups in total. The minimum atomic E-state index is -0.716. The predicted octanol–water partition coefficient (Wildman–Crippen LogP) is 4.95. The Hall–Kier alpha value is -3.57. The third kappa shape index (κ3) is 6.46. The molecule has 0 aromatic heterocycles. The zero-order chi connectivity index (χ0) is 23.5. The topological polar surface area (TPSA) is 70.4 Å². The third-order valence-corrected chi connectivity index (χ3v) is 5.24. The lowest BCUT2D eigenvalue weighted by Gasteiger charge is -2.33. The molecule has 5 nitrogen and oxygen atoms in total. The Morgan fingerprint density at radius 1 is 1.12 bits per heavy atom. The number of amides is 1. The van der Waals surface area contributed by atoms with Crippen LogP contribution in [0.4, 0.5) is 0 Å². The molecule has 2 rings (SSSR count). The zero-order valence-corrected chi connectivity index (χ0v) is 19.0. The van der Waals surface area contributed by atoms with E-state index >= 15 is 0 Å². The number of nitrogens with zero attached hydrogens (tertiary/aromatic N) is 2. The Labute approximate surface area is 191 Å². The summed E-state index contributed by atoms with van der Waals surface area (Å²) in [6, 6.07) is 16.6. The minimum Gasteiger partial charge on any atom is -0.451 e. The molecule has 1 atom stereocenters. The molecular formula is C27H30N2O3. The zero-order valence-electron chi connectivity index (χ0n) is 19.0. The number of benzene rings is 2. The van der Waals surface area contributed by atoms with Crippen LogP contribution in [0.5, 0.6) is 0 Å². The molecule has 0 fully saturated rings. The smallest absolute Gasteiger partial charge is 0.330 e. The van der Waals surface area contributed by atoms with E-state index in [1.54, 1.807) is 11.0 Å². The average molecular weight is 431 g/mol. The number of rotatable bonds is 10. The van der Waals surface area contributed by atoms with Gasteiger partial charge in [-0.25, -0.2) is 4.79 Å². The normalized spacial score (nSPS) is 11.3. The van der Waals surface area contributed by atoms with Crippen molar-refractivity contribution >= 4 is 11.9 Å². The van der Waals surface area contributed by atoms with Gasteiger partial charge in [0.05, 0.1) is 11.6 Å². The van der Waals surface area contributed by atoms with Crippen molar-refractivity contribution in [3.8, 4) is 29.5 Å². The summed E-state index contributed by atoms with van der Waals surface area (Å²) in [5, 5.41) is 9.36. The van der Waals surface area contributed by atoms with Crippen molar-refractivity contribution in [3.05, 3.63) is 59.7 Å². The number of hydrogen-bond acceptors (Lipinski definition) is 4. The lowest BCUT2D eigenvalue weighted by Crippen LogP contribution is -2.48. The molecule has 0 aliphatic heterocycles. The van der Waals surface area contributed by atoms with Crippen LogP contribution in [0, 0.1) is 29.6 Å². The second kappa shape index (κ2) is 12.3. The van der Waals surface area contributed by atoms with Crippen molar-refractivity contribution < 1.29 is 14.3 Å². The summed E-state index contributed by atoms with van der Waals surface area (Å²) in [7, 11) is 0. The highest BCUT2D eigenvalue weighted by Crippen LogP contribution is 2.25. The van der Waals surface area contributed by atoms with Crippen LogP contribution in [-0.4, -0.2) is 29.4 Å². The van der Waals surface area contributed by atoms with Gasteiger partial charge >= 0.3 is 5.97 Å². The van der Waals surface area contributed by atoms with Crippen LogP contribution >= 0.6 is 0 Å². The van der Waals surface area contributed by atoms with E-state index in [2.05, 4.69) is 12.0 Å². The number of terminal acetylenes is 1. The maximum Gasteiger partial charge on any atom is 0.330 e. The predicted molar refractivity (Wildman–Crippen MR) is 125 cm³/mol. The molecule has 2 aromatic rings. The SMILES string of the molecule is C#CCOC(=O)[C@H](C(C)C)N(Cc1ccc(-c2ccccc2C#N)cc1)C(=O)CCCC. The molecule has 0 aliphatic carbocycles. The van der Waals surface area contributed by atoms with Gasteiger partial charge in [-0.2, -0.15) is 5.26 Å². The van der Waals surface area contributed by atoms with Crippen LogP contribution in [0.2, 0.25) is 0 Å². The van der Waals surface area contributed by atoms with Gasteiger partial charge < -0.3 is 9.64 Å². The fourth-order valence-corrected chi connectivity index (χ4v) is 3.59. The second-order valence-electron chi connectivity index (χ2n) is 7.98. The number of unbranched alkanes of at least 4 members (excludes halogenated alkanes) is 1. The van der Waals surface area contributed by atoms with E-state index in [0.29, 0.717) is 12.0 Å². The maximum atomic E-state index is 13.0. The number of esters is 1. The summed E-state index contributed by atoms with van der Waals surface area (Å²) in [5.41, 5.74) is 3.27. The molecule has 0 radical (unpaired) electrons. The summed E-state index contributed by atoms with van der Waals surface area (Å²) < 4.78 is 5.19. The number of ether oxygens (including phenoxy) is 1. The Morgan fingerprint density at radius 2 is 1.81 bits per heavy atom. The van der Waals surface area contributed by atoms with E-state index in [9.17, 15) is 14.9 Å². The molecule has 166 valence electrons. The number of carbonyl (C=O) groups excluding carboxylic acids is 2. The quantitative estimate of drug-likeness (QED) is 0.395. The van der Waals surface area contributed by atoms with Gasteiger partial charge in [-0.3, -0.25) is 4.79 Å². The molecule has 0 spiro atoms. The van der Waals surface area contributed by atoms with Crippen LogP contribution in [0.25, 0.3) is 11.1 Å². The minimum absolute atomic E-state index is 0.0814. The van der Waals surface area contributed by atoms with E-state index in [1.165, 1.54) is 0 Å². The van der Waals surface area contributed by atoms with Crippen LogP contribution in [0.1, 0.15) is 51.2 Å². The first kappa shape index (κ1) is 24.7. The van der Waals surface area contributed by atoms with Crippen molar-refractivity contribution in [1.29, 1.82) is 5.26 Å². The molecule has 0 bridgehead atoms. The van der Waals surface area contributed by atoms with Gasteiger partial charge in [0, 0.05) is 13.0 Å². The van der Waals surface area contributed by atoms with Gasteiger partial charge in [0.2, 0.25) is 5.91 Å². The van der Waals surface area contributed by atoms with Crippen molar-refractivity contribution in [1.82, 2.24) is 4.90 Å². The summed E-state index contributed by atoms with van der Waals surface area (Å²) >= 11 is 0. The average Bonchev–Trinajstić information content (AvgIpc) is 2.80. The molecule has 0 saturated carbocycles. The maximum absolute atomic E-state index is 13.0. The Morgan fingerprint density at radius 3 is 2.41 bits per heavy atom. The molecular weight excluding hydrogens is 400 g/mol. The lowest BCUT2D eigenvalue weighted by atomic mass is 9.98. The highest BCUT2D eigenvalue weighted by molar-refractivity contribution is 5.85. The molecule has 1 amide bonds. The summed E-state index contributed by atoms with van der Waals surface area (Å²) in [6.07, 6.45) is 7.25. The monoisotopic (exact) mass is 430 g/mol. The summed E-state index contributed by atoms with van der Waals surface area (Å²) in [6.45, 7) is 5.98. The van der Waals surface area contributed by atoms with Gasteiger partial charge in [-0.15, -0.1) is 6.42 Å². The van der Waals surface area contributed by atoms with Crippen molar-refractivity contribution in [2.75, 3.05) is 6.61 Å². The van der Waals surface area contributed by atoms with E-state index < -0.39 is 12.0 Å². The van der Waals surface area contributed by atoms with Crippen molar-refractivity contribution in [3.63, 3.8) is 0 Å². The van der Waals surface area contributed by atoms with Gasteiger partial charge in [-0.1, -0.05) is 75.6 Å². The molecule has 0 unspecified atom stereocenters. The largest absolute Gasteiger partial charge is 0.451 e. The van der Waals surface area contributed by atoms with Crippen LogP contribution in [0.15, 0.2) is 48.5 Å². The van der Waals surface area contributed by atoms with Gasteiger partial charge in [0.1, 0.15) is 6.04 Å². The molecule has 0 aliphatic rings. The van der Waals surface area contributed by atoms with Crippen LogP contribution in [-0.2, 0) is 20.9 Å². The fourth-order valence-electron chi connectivity index (χ4n) is 3.59. The molecule has 32 heavy (non-hydrogen) atoms. The molecule has 0 heterocycles. The van der Waals surface area contributed by atoms with E-state index in [4.69, 9.17) is 11.2 Å².